The van der Waals surface area contributed by atoms with Gasteiger partial charge in [0.1, 0.15) is 0 Å². The number of nitrogens with one attached hydrogen (secondary N) is 2. The zero-order chi connectivity index (χ0) is 11.4. The summed E-state index contributed by atoms with van der Waals surface area (Å²) >= 11 is 0. The van der Waals surface area contributed by atoms with Gasteiger partial charge in [-0.1, -0.05) is 0 Å². The number of rotatable bonds is 4. The van der Waals surface area contributed by atoms with Gasteiger partial charge in [0, 0.05) is 7.05 Å². The molecule has 0 aliphatic carbocycles. The number of likely N-dealkylation sites (N-methyl/N-ethyl adjacent to an activating group) is 1. The third-order valence-corrected chi connectivity index (χ3v) is 1.27. The van der Waals surface area contributed by atoms with Gasteiger partial charge >= 0.3 is 12.3 Å². The van der Waals surface area contributed by atoms with Gasteiger partial charge in [-0.25, -0.2) is 8.78 Å². The molecule has 0 aliphatic heterocycles. The van der Waals surface area contributed by atoms with Gasteiger partial charge in [-0.05, 0) is 0 Å². The van der Waals surface area contributed by atoms with Crippen molar-refractivity contribution >= 4 is 11.8 Å². The van der Waals surface area contributed by atoms with Gasteiger partial charge in [0.15, 0.2) is 0 Å². The largest absolute Gasteiger partial charge is 0.383 e. The van der Waals surface area contributed by atoms with E-state index in [-0.39, 0.29) is 0 Å². The van der Waals surface area contributed by atoms with Gasteiger partial charge in [-0.15, -0.1) is 0 Å². The van der Waals surface area contributed by atoms with Crippen LogP contribution >= 0.6 is 0 Å². The molecule has 4 nitrogen and oxygen atoms in total. The molecule has 0 unspecified atom stereocenters. The second-order valence-corrected chi connectivity index (χ2v) is 2.28. The Kier molecular flexibility index (Phi) is 4.32. The SMILES string of the molecule is CNC(=O)CNC(=O)C(F)(F)C(F)F. The number of halogens is 4. The molecule has 8 heteroatoms. The van der Waals surface area contributed by atoms with Crippen LogP contribution in [0.25, 0.3) is 0 Å². The number of carbonyl (C=O) groups excluding carboxylic acids is 2. The summed E-state index contributed by atoms with van der Waals surface area (Å²) in [4.78, 5) is 20.9. The molecule has 0 rings (SSSR count). The molecule has 0 saturated carbocycles. The van der Waals surface area contributed by atoms with E-state index in [2.05, 4.69) is 0 Å². The van der Waals surface area contributed by atoms with Gasteiger partial charge in [0.05, 0.1) is 6.54 Å². The molecule has 2 N–H and O–H groups in total. The summed E-state index contributed by atoms with van der Waals surface area (Å²) < 4.78 is 47.5. The monoisotopic (exact) mass is 216 g/mol. The number of carbonyl (C=O) groups is 2. The lowest BCUT2D eigenvalue weighted by Gasteiger charge is -2.14. The maximum atomic E-state index is 12.2. The maximum Gasteiger partial charge on any atom is 0.383 e. The van der Waals surface area contributed by atoms with E-state index in [0.717, 1.165) is 0 Å². The molecule has 0 heterocycles. The Morgan fingerprint density at radius 1 is 1.36 bits per heavy atom. The summed E-state index contributed by atoms with van der Waals surface area (Å²) in [5.74, 6) is -7.70. The van der Waals surface area contributed by atoms with Crippen molar-refractivity contribution in [3.63, 3.8) is 0 Å². The van der Waals surface area contributed by atoms with Gasteiger partial charge in [0.25, 0.3) is 5.91 Å². The normalized spacial score (nSPS) is 11.3. The minimum Gasteiger partial charge on any atom is -0.358 e. The molecule has 0 atom stereocenters. The molecule has 0 spiro atoms. The zero-order valence-electron chi connectivity index (χ0n) is 7.11. The third kappa shape index (κ3) is 3.19. The number of amides is 2. The van der Waals surface area contributed by atoms with Crippen molar-refractivity contribution in [2.45, 2.75) is 12.3 Å². The van der Waals surface area contributed by atoms with Crippen molar-refractivity contribution in [2.24, 2.45) is 0 Å². The molecule has 0 aliphatic rings. The van der Waals surface area contributed by atoms with Crippen molar-refractivity contribution in [3.8, 4) is 0 Å². The van der Waals surface area contributed by atoms with Gasteiger partial charge in [-0.2, -0.15) is 8.78 Å². The Morgan fingerprint density at radius 2 is 1.86 bits per heavy atom. The van der Waals surface area contributed by atoms with Gasteiger partial charge in [-0.3, -0.25) is 9.59 Å². The van der Waals surface area contributed by atoms with E-state index < -0.39 is 30.7 Å². The van der Waals surface area contributed by atoms with Crippen LogP contribution in [0.1, 0.15) is 0 Å². The van der Waals surface area contributed by atoms with Crippen LogP contribution in [0, 0.1) is 0 Å². The molecule has 0 aromatic heterocycles. The quantitative estimate of drug-likeness (QED) is 0.636. The summed E-state index contributed by atoms with van der Waals surface area (Å²) in [5, 5.41) is 3.39. The van der Waals surface area contributed by atoms with Crippen LogP contribution in [-0.4, -0.2) is 37.8 Å². The molecule has 14 heavy (non-hydrogen) atoms. The van der Waals surface area contributed by atoms with E-state index >= 15 is 0 Å². The molecule has 0 aromatic rings. The average Bonchev–Trinajstić information content (AvgIpc) is 2.12. The Bertz CT molecular complexity index is 232. The highest BCUT2D eigenvalue weighted by Gasteiger charge is 2.48. The first-order valence-electron chi connectivity index (χ1n) is 3.47. The molecule has 0 radical (unpaired) electrons. The van der Waals surface area contributed by atoms with E-state index in [0.29, 0.717) is 0 Å². The minimum atomic E-state index is -4.77. The van der Waals surface area contributed by atoms with Crippen LogP contribution in [0.4, 0.5) is 17.6 Å². The average molecular weight is 216 g/mol. The van der Waals surface area contributed by atoms with Crippen molar-refractivity contribution in [1.29, 1.82) is 0 Å². The Labute approximate surface area is 76.6 Å². The Hall–Kier alpha value is -1.34. The van der Waals surface area contributed by atoms with E-state index in [9.17, 15) is 27.2 Å². The molecule has 0 saturated heterocycles. The minimum absolute atomic E-state index is 0.761. The Balaban J connectivity index is 4.15. The van der Waals surface area contributed by atoms with Crippen LogP contribution in [0.5, 0.6) is 0 Å². The lowest BCUT2D eigenvalue weighted by atomic mass is 10.3. The zero-order valence-corrected chi connectivity index (χ0v) is 7.11. The number of hydrogen-bond donors (Lipinski definition) is 2. The Morgan fingerprint density at radius 3 is 2.21 bits per heavy atom. The van der Waals surface area contributed by atoms with E-state index in [1.165, 1.54) is 12.4 Å². The number of alkyl halides is 4. The van der Waals surface area contributed by atoms with E-state index in [1.807, 2.05) is 5.32 Å². The lowest BCUT2D eigenvalue weighted by molar-refractivity contribution is -0.169. The molecule has 0 bridgehead atoms. The van der Waals surface area contributed by atoms with Crippen LogP contribution in [0.15, 0.2) is 0 Å². The first-order chi connectivity index (χ1) is 6.32. The maximum absolute atomic E-state index is 12.2. The van der Waals surface area contributed by atoms with Gasteiger partial charge < -0.3 is 10.6 Å². The van der Waals surface area contributed by atoms with Crippen molar-refractivity contribution < 1.29 is 27.2 Å². The third-order valence-electron chi connectivity index (χ3n) is 1.27. The second-order valence-electron chi connectivity index (χ2n) is 2.28. The predicted octanol–water partition coefficient (Wildman–Crippen LogP) is -0.251. The second kappa shape index (κ2) is 4.77. The fraction of sp³-hybridized carbons (Fsp3) is 0.667. The summed E-state index contributed by atoms with van der Waals surface area (Å²) in [5.41, 5.74) is 0. The summed E-state index contributed by atoms with van der Waals surface area (Å²) in [7, 11) is 1.21. The molecular formula is C6H8F4N2O2. The van der Waals surface area contributed by atoms with E-state index in [1.54, 1.807) is 0 Å². The van der Waals surface area contributed by atoms with Crippen LogP contribution in [0.3, 0.4) is 0 Å². The van der Waals surface area contributed by atoms with Gasteiger partial charge in [0.2, 0.25) is 5.91 Å². The van der Waals surface area contributed by atoms with Crippen LogP contribution < -0.4 is 10.6 Å². The smallest absolute Gasteiger partial charge is 0.358 e. The lowest BCUT2D eigenvalue weighted by Crippen LogP contribution is -2.47. The van der Waals surface area contributed by atoms with Crippen LogP contribution in [-0.2, 0) is 9.59 Å². The predicted molar refractivity (Wildman–Crippen MR) is 38.0 cm³/mol. The van der Waals surface area contributed by atoms with Crippen LogP contribution in [0.2, 0.25) is 0 Å². The highest BCUT2D eigenvalue weighted by Crippen LogP contribution is 2.22. The first kappa shape index (κ1) is 12.7. The molecular weight excluding hydrogens is 208 g/mol. The topological polar surface area (TPSA) is 58.2 Å². The van der Waals surface area contributed by atoms with E-state index in [4.69, 9.17) is 0 Å². The molecule has 0 fully saturated rings. The fourth-order valence-corrected chi connectivity index (χ4v) is 0.466. The summed E-state index contributed by atoms with van der Waals surface area (Å²) in [6, 6.07) is 0. The number of hydrogen-bond acceptors (Lipinski definition) is 2. The van der Waals surface area contributed by atoms with Crippen molar-refractivity contribution in [3.05, 3.63) is 0 Å². The first-order valence-corrected chi connectivity index (χ1v) is 3.47. The molecule has 0 aromatic carbocycles. The molecule has 2 amide bonds. The van der Waals surface area contributed by atoms with Crippen molar-refractivity contribution in [1.82, 2.24) is 10.6 Å². The van der Waals surface area contributed by atoms with Crippen molar-refractivity contribution in [2.75, 3.05) is 13.6 Å². The summed E-state index contributed by atoms with van der Waals surface area (Å²) in [6.07, 6.45) is -4.09. The molecule has 82 valence electrons. The fourth-order valence-electron chi connectivity index (χ4n) is 0.466. The highest BCUT2D eigenvalue weighted by molar-refractivity contribution is 5.88. The summed E-state index contributed by atoms with van der Waals surface area (Å²) in [6.45, 7) is -0.766. The standard InChI is InChI=1S/C6H8F4N2O2/c1-11-3(13)2-12-5(14)6(9,10)4(7)8/h4H,2H2,1H3,(H,11,13)(H,12,14). The highest BCUT2D eigenvalue weighted by atomic mass is 19.3.